The second-order valence-corrected chi connectivity index (χ2v) is 7.59. The molecular weight excluding hydrogens is 373 g/mol. The van der Waals surface area contributed by atoms with E-state index in [4.69, 9.17) is 26.9 Å². The van der Waals surface area contributed by atoms with Gasteiger partial charge in [0.05, 0.1) is 17.9 Å². The van der Waals surface area contributed by atoms with Crippen molar-refractivity contribution in [2.75, 3.05) is 7.11 Å². The fourth-order valence-corrected chi connectivity index (χ4v) is 4.09. The second-order valence-electron chi connectivity index (χ2n) is 4.79. The van der Waals surface area contributed by atoms with Gasteiger partial charge in [-0.15, -0.1) is 11.6 Å². The first-order chi connectivity index (χ1) is 11.5. The van der Waals surface area contributed by atoms with Crippen LogP contribution in [-0.4, -0.2) is 25.1 Å². The van der Waals surface area contributed by atoms with Crippen LogP contribution in [0, 0.1) is 34.6 Å². The van der Waals surface area contributed by atoms with Gasteiger partial charge in [-0.3, -0.25) is 0 Å². The summed E-state index contributed by atoms with van der Waals surface area (Å²) in [6, 6.07) is 11.2. The van der Waals surface area contributed by atoms with Crippen LogP contribution in [0.2, 0.25) is 0 Å². The number of methoxy groups -OCH3 is 1. The number of nitriles is 2. The number of benzene rings is 1. The number of rotatable bonds is 5. The quantitative estimate of drug-likeness (QED) is 0.387. The predicted octanol–water partition coefficient (Wildman–Crippen LogP) is -0.458. The fraction of sp³-hybridized carbons (Fsp3) is 0.188. The maximum atomic E-state index is 12.6. The van der Waals surface area contributed by atoms with E-state index < -0.39 is 20.5 Å². The van der Waals surface area contributed by atoms with Gasteiger partial charge in [0, 0.05) is 6.20 Å². The summed E-state index contributed by atoms with van der Waals surface area (Å²) in [5.41, 5.74) is 0. The Kier molecular flexibility index (Phi) is 7.88. The van der Waals surface area contributed by atoms with Crippen molar-refractivity contribution < 1.29 is 42.7 Å². The Morgan fingerprint density at radius 1 is 1.28 bits per heavy atom. The second kappa shape index (κ2) is 9.19. The first-order valence-electron chi connectivity index (χ1n) is 6.78. The van der Waals surface area contributed by atoms with Gasteiger partial charge in [-0.25, -0.2) is 18.9 Å². The number of sulfone groups is 1. The van der Waals surface area contributed by atoms with Crippen molar-refractivity contribution in [3.05, 3.63) is 60.6 Å². The van der Waals surface area contributed by atoms with E-state index in [0.29, 0.717) is 0 Å². The van der Waals surface area contributed by atoms with E-state index in [-0.39, 0.29) is 46.3 Å². The average molecular weight is 386 g/mol. The molecule has 0 fully saturated rings. The molecule has 0 saturated heterocycles. The molecule has 1 aliphatic heterocycles. The topological polar surface area (TPSA) is 94.2 Å². The van der Waals surface area contributed by atoms with Crippen molar-refractivity contribution in [3.8, 4) is 12.1 Å². The monoisotopic (exact) mass is 385 g/mol. The number of allylic oxidation sites excluding steroid dienone is 1. The van der Waals surface area contributed by atoms with Gasteiger partial charge in [0.1, 0.15) is 5.76 Å². The number of nitrogens with zero attached hydrogens (tertiary/aromatic N) is 3. The minimum atomic E-state index is -3.79. The third-order valence-electron chi connectivity index (χ3n) is 3.41. The van der Waals surface area contributed by atoms with Crippen LogP contribution in [0.4, 0.5) is 0 Å². The smallest absolute Gasteiger partial charge is 0.499 e. The van der Waals surface area contributed by atoms with E-state index in [2.05, 4.69) is 0 Å². The van der Waals surface area contributed by atoms with Crippen molar-refractivity contribution in [3.63, 3.8) is 0 Å². The molecule has 0 aliphatic carbocycles. The van der Waals surface area contributed by atoms with Gasteiger partial charge in [0.2, 0.25) is 0 Å². The third-order valence-corrected chi connectivity index (χ3v) is 6.20. The summed E-state index contributed by atoms with van der Waals surface area (Å²) in [4.78, 5) is 1.37. The summed E-state index contributed by atoms with van der Waals surface area (Å²) in [5, 5.41) is 17.8. The molecule has 0 saturated carbocycles. The van der Waals surface area contributed by atoms with Crippen molar-refractivity contribution in [2.24, 2.45) is 5.92 Å². The molecule has 124 valence electrons. The van der Waals surface area contributed by atoms with Crippen molar-refractivity contribution in [1.82, 2.24) is 4.90 Å². The van der Waals surface area contributed by atoms with Crippen LogP contribution in [-0.2, 0) is 14.6 Å². The first-order valence-corrected chi connectivity index (χ1v) is 8.76. The van der Waals surface area contributed by atoms with Gasteiger partial charge in [-0.05, 0) is 18.3 Å². The van der Waals surface area contributed by atoms with Gasteiger partial charge in [-0.1, -0.05) is 42.5 Å². The predicted molar refractivity (Wildman–Crippen MR) is 87.3 cm³/mol. The maximum Gasteiger partial charge on any atom is 1.00 e. The van der Waals surface area contributed by atoms with Gasteiger partial charge in [0.25, 0.3) is 0 Å². The number of halogens is 1. The molecule has 25 heavy (non-hydrogen) atoms. The first kappa shape index (κ1) is 21.4. The minimum absolute atomic E-state index is 0. The summed E-state index contributed by atoms with van der Waals surface area (Å²) in [6.45, 7) is 0. The molecule has 2 atom stereocenters. The standard InChI is InChI=1S/C16H13ClN3O3S.Na/c1-23-15-11-20(12(9-18)10-19)8-7-14(15)16(17)24(21,22)13-5-3-2-4-6-13;/h2-8,11,14,16H,1H3;/q-1;+1. The molecular formula is C16H13ClN3NaO3S. The number of hydrogen-bond acceptors (Lipinski definition) is 6. The number of ether oxygens (including phenoxy) is 1. The van der Waals surface area contributed by atoms with Crippen LogP contribution in [0.1, 0.15) is 0 Å². The molecule has 1 aromatic rings. The summed E-state index contributed by atoms with van der Waals surface area (Å²) in [5.74, 6) is -0.517. The zero-order valence-corrected chi connectivity index (χ0v) is 17.2. The van der Waals surface area contributed by atoms with E-state index in [1.165, 1.54) is 42.6 Å². The Hall–Kier alpha value is -1.61. The number of alkyl halides is 1. The molecule has 0 radical (unpaired) electrons. The summed E-state index contributed by atoms with van der Waals surface area (Å²) in [6.07, 6.45) is 4.29. The Labute approximate surface area is 174 Å². The minimum Gasteiger partial charge on any atom is -0.499 e. The molecule has 2 unspecified atom stereocenters. The van der Waals surface area contributed by atoms with E-state index in [1.807, 2.05) is 0 Å². The molecule has 2 rings (SSSR count). The van der Waals surface area contributed by atoms with Crippen molar-refractivity contribution >= 4 is 21.4 Å². The normalized spacial score (nSPS) is 17.4. The summed E-state index contributed by atoms with van der Waals surface area (Å²) < 4.78 is 29.2. The Balaban J connectivity index is 0.00000312. The molecule has 0 spiro atoms. The van der Waals surface area contributed by atoms with E-state index in [0.717, 1.165) is 0 Å². The van der Waals surface area contributed by atoms with E-state index in [9.17, 15) is 8.42 Å². The van der Waals surface area contributed by atoms with E-state index in [1.54, 1.807) is 30.3 Å². The Morgan fingerprint density at radius 3 is 2.40 bits per heavy atom. The Bertz CT molecular complexity index is 830. The van der Waals surface area contributed by atoms with Crippen molar-refractivity contribution in [2.45, 2.75) is 9.60 Å². The molecule has 0 bridgehead atoms. The van der Waals surface area contributed by atoms with Crippen LogP contribution >= 0.6 is 11.6 Å². The van der Waals surface area contributed by atoms with Crippen LogP contribution in [0.3, 0.4) is 0 Å². The molecule has 0 aromatic heterocycles. The zero-order valence-electron chi connectivity index (χ0n) is 13.6. The van der Waals surface area contributed by atoms with Gasteiger partial charge < -0.3 is 9.64 Å². The van der Waals surface area contributed by atoms with E-state index >= 15 is 0 Å². The molecule has 1 aromatic carbocycles. The van der Waals surface area contributed by atoms with Crippen LogP contribution in [0.25, 0.3) is 0 Å². The van der Waals surface area contributed by atoms with Crippen LogP contribution < -0.4 is 29.6 Å². The van der Waals surface area contributed by atoms with Crippen LogP contribution in [0.5, 0.6) is 0 Å². The largest absolute Gasteiger partial charge is 1.00 e. The SMILES string of the molecule is COC1=CN([C-](C#N)C#N)C=CC1C(Cl)S(=O)(=O)c1ccccc1.[Na+]. The molecule has 0 amide bonds. The maximum absolute atomic E-state index is 12.6. The Morgan fingerprint density at radius 2 is 1.88 bits per heavy atom. The third kappa shape index (κ3) is 4.52. The van der Waals surface area contributed by atoms with Gasteiger partial charge >= 0.3 is 29.6 Å². The van der Waals surface area contributed by atoms with Crippen LogP contribution in [0.15, 0.2) is 59.5 Å². The number of hydrogen-bond donors (Lipinski definition) is 0. The van der Waals surface area contributed by atoms with Gasteiger partial charge in [0.15, 0.2) is 14.5 Å². The molecule has 1 aliphatic rings. The summed E-state index contributed by atoms with van der Waals surface area (Å²) >= 11 is 6.24. The molecule has 6 nitrogen and oxygen atoms in total. The fourth-order valence-electron chi connectivity index (χ4n) is 2.16. The average Bonchev–Trinajstić information content (AvgIpc) is 2.62. The van der Waals surface area contributed by atoms with Gasteiger partial charge in [-0.2, -0.15) is 0 Å². The van der Waals surface area contributed by atoms with Crippen molar-refractivity contribution in [1.29, 1.82) is 10.5 Å². The molecule has 1 heterocycles. The molecule has 0 N–H and O–H groups in total. The summed E-state index contributed by atoms with van der Waals surface area (Å²) in [7, 11) is -2.42. The molecule has 9 heteroatoms. The zero-order chi connectivity index (χ0) is 17.7.